The summed E-state index contributed by atoms with van der Waals surface area (Å²) in [5.41, 5.74) is 0.167. The normalized spacial score (nSPS) is 17.9. The van der Waals surface area contributed by atoms with Crippen LogP contribution in [0.2, 0.25) is 0 Å². The van der Waals surface area contributed by atoms with Gasteiger partial charge in [0, 0.05) is 18.7 Å². The molecule has 136 valence electrons. The number of alkyl halides is 3. The van der Waals surface area contributed by atoms with Gasteiger partial charge in [-0.3, -0.25) is 0 Å². The van der Waals surface area contributed by atoms with Crippen molar-refractivity contribution in [2.24, 2.45) is 0 Å². The molecule has 0 atom stereocenters. The summed E-state index contributed by atoms with van der Waals surface area (Å²) in [6.07, 6.45) is -1.79. The number of halogens is 3. The van der Waals surface area contributed by atoms with Gasteiger partial charge in [-0.2, -0.15) is 13.2 Å². The summed E-state index contributed by atoms with van der Waals surface area (Å²) in [5, 5.41) is 9.17. The fraction of sp³-hybridized carbons (Fsp3) is 0.471. The highest BCUT2D eigenvalue weighted by molar-refractivity contribution is 5.78. The SMILES string of the molecule is COc1cc(C2=CCCN(C(=O)O)C2)c(OC2CC2)cc1C(F)(F)F. The average Bonchev–Trinajstić information content (AvgIpc) is 3.37. The summed E-state index contributed by atoms with van der Waals surface area (Å²) >= 11 is 0. The first-order chi connectivity index (χ1) is 11.8. The minimum Gasteiger partial charge on any atom is -0.496 e. The van der Waals surface area contributed by atoms with E-state index in [1.807, 2.05) is 6.08 Å². The number of hydrogen-bond donors (Lipinski definition) is 1. The highest BCUT2D eigenvalue weighted by atomic mass is 19.4. The van der Waals surface area contributed by atoms with E-state index < -0.39 is 17.8 Å². The van der Waals surface area contributed by atoms with Gasteiger partial charge < -0.3 is 19.5 Å². The Bertz CT molecular complexity index is 711. The summed E-state index contributed by atoms with van der Waals surface area (Å²) in [7, 11) is 1.18. The number of ether oxygens (including phenoxy) is 2. The first kappa shape index (κ1) is 17.4. The second-order valence-electron chi connectivity index (χ2n) is 6.09. The molecular weight excluding hydrogens is 339 g/mol. The summed E-state index contributed by atoms with van der Waals surface area (Å²) in [5.74, 6) is -0.187. The number of benzene rings is 1. The largest absolute Gasteiger partial charge is 0.496 e. The topological polar surface area (TPSA) is 59.0 Å². The molecule has 0 spiro atoms. The Balaban J connectivity index is 2.04. The van der Waals surface area contributed by atoms with Crippen LogP contribution in [0.3, 0.4) is 0 Å². The van der Waals surface area contributed by atoms with Crippen LogP contribution in [0.15, 0.2) is 18.2 Å². The monoisotopic (exact) mass is 357 g/mol. The summed E-state index contributed by atoms with van der Waals surface area (Å²) in [6, 6.07) is 2.24. The Morgan fingerprint density at radius 3 is 2.56 bits per heavy atom. The van der Waals surface area contributed by atoms with E-state index >= 15 is 0 Å². The van der Waals surface area contributed by atoms with Crippen molar-refractivity contribution in [3.63, 3.8) is 0 Å². The molecule has 0 saturated heterocycles. The van der Waals surface area contributed by atoms with Gasteiger partial charge in [0.25, 0.3) is 0 Å². The summed E-state index contributed by atoms with van der Waals surface area (Å²) in [4.78, 5) is 12.4. The van der Waals surface area contributed by atoms with Crippen molar-refractivity contribution in [3.05, 3.63) is 29.3 Å². The van der Waals surface area contributed by atoms with E-state index in [1.165, 1.54) is 18.1 Å². The van der Waals surface area contributed by atoms with Crippen molar-refractivity contribution in [1.82, 2.24) is 4.90 Å². The number of hydrogen-bond acceptors (Lipinski definition) is 3. The van der Waals surface area contributed by atoms with Crippen molar-refractivity contribution < 1.29 is 32.5 Å². The smallest absolute Gasteiger partial charge is 0.420 e. The van der Waals surface area contributed by atoms with Gasteiger partial charge in [0.1, 0.15) is 17.1 Å². The number of rotatable bonds is 4. The van der Waals surface area contributed by atoms with E-state index in [9.17, 15) is 23.1 Å². The van der Waals surface area contributed by atoms with Crippen molar-refractivity contribution in [2.45, 2.75) is 31.5 Å². The molecule has 0 unspecified atom stereocenters. The number of carboxylic acid groups (broad SMARTS) is 1. The van der Waals surface area contributed by atoms with Crippen LogP contribution < -0.4 is 9.47 Å². The third kappa shape index (κ3) is 3.83. The van der Waals surface area contributed by atoms with E-state index in [-0.39, 0.29) is 24.1 Å². The Labute approximate surface area is 142 Å². The van der Waals surface area contributed by atoms with Crippen LogP contribution in [0.5, 0.6) is 11.5 Å². The van der Waals surface area contributed by atoms with Crippen LogP contribution in [0.25, 0.3) is 5.57 Å². The van der Waals surface area contributed by atoms with E-state index in [1.54, 1.807) is 0 Å². The second-order valence-corrected chi connectivity index (χ2v) is 6.09. The second kappa shape index (κ2) is 6.50. The van der Waals surface area contributed by atoms with Crippen LogP contribution in [0, 0.1) is 0 Å². The molecule has 0 radical (unpaired) electrons. The molecule has 1 amide bonds. The van der Waals surface area contributed by atoms with Crippen molar-refractivity contribution in [2.75, 3.05) is 20.2 Å². The molecule has 1 aliphatic carbocycles. The van der Waals surface area contributed by atoms with Gasteiger partial charge in [-0.1, -0.05) is 6.08 Å². The molecule has 5 nitrogen and oxygen atoms in total. The number of amides is 1. The van der Waals surface area contributed by atoms with Gasteiger partial charge in [-0.05, 0) is 37.0 Å². The first-order valence-electron chi connectivity index (χ1n) is 7.92. The predicted molar refractivity (Wildman–Crippen MR) is 83.8 cm³/mol. The standard InChI is InChI=1S/C17H18F3NO4/c1-24-15-7-12(10-3-2-6-21(9-10)16(22)23)14(25-11-4-5-11)8-13(15)17(18,19)20/h3,7-8,11H,2,4-6,9H2,1H3,(H,22,23). The Kier molecular flexibility index (Phi) is 4.53. The lowest BCUT2D eigenvalue weighted by Gasteiger charge is -2.26. The molecule has 1 heterocycles. The maximum Gasteiger partial charge on any atom is 0.420 e. The number of carbonyl (C=O) groups is 1. The zero-order valence-electron chi connectivity index (χ0n) is 13.6. The van der Waals surface area contributed by atoms with Gasteiger partial charge in [0.15, 0.2) is 0 Å². The van der Waals surface area contributed by atoms with Crippen LogP contribution in [-0.4, -0.2) is 42.4 Å². The molecular formula is C17H18F3NO4. The quantitative estimate of drug-likeness (QED) is 0.884. The van der Waals surface area contributed by atoms with Gasteiger partial charge >= 0.3 is 12.3 Å². The predicted octanol–water partition coefficient (Wildman–Crippen LogP) is 4.02. The molecule has 2 aliphatic rings. The lowest BCUT2D eigenvalue weighted by molar-refractivity contribution is -0.138. The molecule has 0 aromatic heterocycles. The van der Waals surface area contributed by atoms with Crippen LogP contribution in [-0.2, 0) is 6.18 Å². The molecule has 8 heteroatoms. The minimum atomic E-state index is -4.57. The fourth-order valence-electron chi connectivity index (χ4n) is 2.77. The third-order valence-corrected chi connectivity index (χ3v) is 4.19. The van der Waals surface area contributed by atoms with E-state index in [0.29, 0.717) is 24.1 Å². The van der Waals surface area contributed by atoms with E-state index in [0.717, 1.165) is 18.9 Å². The molecule has 3 rings (SSSR count). The van der Waals surface area contributed by atoms with Crippen molar-refractivity contribution >= 4 is 11.7 Å². The zero-order chi connectivity index (χ0) is 18.2. The van der Waals surface area contributed by atoms with Gasteiger partial charge in [-0.15, -0.1) is 0 Å². The number of methoxy groups -OCH3 is 1. The van der Waals surface area contributed by atoms with Gasteiger partial charge in [-0.25, -0.2) is 4.79 Å². The lowest BCUT2D eigenvalue weighted by atomic mass is 9.98. The Morgan fingerprint density at radius 1 is 1.28 bits per heavy atom. The lowest BCUT2D eigenvalue weighted by Crippen LogP contribution is -2.34. The van der Waals surface area contributed by atoms with Gasteiger partial charge in [0.2, 0.25) is 0 Å². The Hall–Kier alpha value is -2.38. The first-order valence-corrected chi connectivity index (χ1v) is 7.92. The molecule has 1 fully saturated rings. The molecule has 1 saturated carbocycles. The molecule has 1 aromatic carbocycles. The molecule has 1 aliphatic heterocycles. The molecule has 1 aromatic rings. The highest BCUT2D eigenvalue weighted by Gasteiger charge is 2.37. The summed E-state index contributed by atoms with van der Waals surface area (Å²) < 4.78 is 50.4. The van der Waals surface area contributed by atoms with E-state index in [4.69, 9.17) is 9.47 Å². The van der Waals surface area contributed by atoms with E-state index in [2.05, 4.69) is 0 Å². The van der Waals surface area contributed by atoms with Crippen molar-refractivity contribution in [1.29, 1.82) is 0 Å². The summed E-state index contributed by atoms with van der Waals surface area (Å²) in [6.45, 7) is 0.459. The minimum absolute atomic E-state index is 0.0898. The van der Waals surface area contributed by atoms with Crippen LogP contribution >= 0.6 is 0 Å². The molecule has 1 N–H and O–H groups in total. The maximum atomic E-state index is 13.3. The maximum absolute atomic E-state index is 13.3. The van der Waals surface area contributed by atoms with Gasteiger partial charge in [0.05, 0.1) is 13.2 Å². The van der Waals surface area contributed by atoms with Crippen molar-refractivity contribution in [3.8, 4) is 11.5 Å². The molecule has 0 bridgehead atoms. The highest BCUT2D eigenvalue weighted by Crippen LogP contribution is 2.43. The molecule has 25 heavy (non-hydrogen) atoms. The van der Waals surface area contributed by atoms with Crippen LogP contribution in [0.4, 0.5) is 18.0 Å². The van der Waals surface area contributed by atoms with Crippen LogP contribution in [0.1, 0.15) is 30.4 Å². The zero-order valence-corrected chi connectivity index (χ0v) is 13.6. The average molecular weight is 357 g/mol. The fourth-order valence-corrected chi connectivity index (χ4v) is 2.77. The third-order valence-electron chi connectivity index (χ3n) is 4.19. The number of nitrogens with zero attached hydrogens (tertiary/aromatic N) is 1. The Morgan fingerprint density at radius 2 is 2.00 bits per heavy atom.